The number of amides is 1. The van der Waals surface area contributed by atoms with E-state index in [-0.39, 0.29) is 5.91 Å². The van der Waals surface area contributed by atoms with Crippen LogP contribution in [0.4, 0.5) is 10.1 Å². The molecule has 0 atom stereocenters. The second-order valence-corrected chi connectivity index (χ2v) is 9.26. The second-order valence-electron chi connectivity index (χ2n) is 8.42. The largest absolute Gasteiger partial charge is 0.385 e. The van der Waals surface area contributed by atoms with Crippen molar-refractivity contribution in [3.05, 3.63) is 102 Å². The Labute approximate surface area is 201 Å². The quantitative estimate of drug-likeness (QED) is 0.369. The molecule has 0 aliphatic carbocycles. The van der Waals surface area contributed by atoms with Crippen LogP contribution in [0, 0.1) is 5.82 Å². The summed E-state index contributed by atoms with van der Waals surface area (Å²) in [7, 11) is 0. The molecular weight excluding hydrogens is 449 g/mol. The standard InChI is InChI=1S/C27H24FN3O2S/c28-23-8-2-1-7-22(23)27(33)14-17-31(18-15-27)26(32)20-10-12-21(13-11-20)30-34-24-9-3-5-19-6-4-16-29-25(19)24/h1-13,16,30,33H,14-15,17-18H2. The third-order valence-electron chi connectivity index (χ3n) is 6.26. The van der Waals surface area contributed by atoms with Gasteiger partial charge in [-0.05, 0) is 67.3 Å². The number of benzene rings is 3. The molecule has 172 valence electrons. The maximum Gasteiger partial charge on any atom is 0.253 e. The number of likely N-dealkylation sites (tertiary alicyclic amines) is 1. The molecule has 1 aliphatic rings. The summed E-state index contributed by atoms with van der Waals surface area (Å²) in [6.45, 7) is 0.737. The molecule has 0 saturated carbocycles. The maximum atomic E-state index is 14.2. The molecule has 0 radical (unpaired) electrons. The van der Waals surface area contributed by atoms with Gasteiger partial charge in [0.1, 0.15) is 5.82 Å². The highest BCUT2D eigenvalue weighted by molar-refractivity contribution is 8.00. The highest BCUT2D eigenvalue weighted by atomic mass is 32.2. The summed E-state index contributed by atoms with van der Waals surface area (Å²) in [4.78, 5) is 20.2. The third-order valence-corrected chi connectivity index (χ3v) is 7.15. The molecule has 2 heterocycles. The Morgan fingerprint density at radius 1 is 0.971 bits per heavy atom. The van der Waals surface area contributed by atoms with E-state index in [1.807, 2.05) is 42.5 Å². The minimum Gasteiger partial charge on any atom is -0.385 e. The first-order chi connectivity index (χ1) is 16.5. The summed E-state index contributed by atoms with van der Waals surface area (Å²) >= 11 is 1.48. The van der Waals surface area contributed by atoms with E-state index < -0.39 is 11.4 Å². The molecule has 7 heteroatoms. The maximum absolute atomic E-state index is 14.2. The highest BCUT2D eigenvalue weighted by Crippen LogP contribution is 2.35. The van der Waals surface area contributed by atoms with Crippen LogP contribution in [0.5, 0.6) is 0 Å². The van der Waals surface area contributed by atoms with E-state index in [4.69, 9.17) is 0 Å². The van der Waals surface area contributed by atoms with Crippen molar-refractivity contribution in [1.29, 1.82) is 0 Å². The van der Waals surface area contributed by atoms with Crippen LogP contribution in [0.3, 0.4) is 0 Å². The van der Waals surface area contributed by atoms with E-state index in [1.165, 1.54) is 18.0 Å². The summed E-state index contributed by atoms with van der Waals surface area (Å²) in [5.41, 5.74) is 1.45. The molecule has 2 N–H and O–H groups in total. The van der Waals surface area contributed by atoms with Crippen molar-refractivity contribution < 1.29 is 14.3 Å². The van der Waals surface area contributed by atoms with Crippen molar-refractivity contribution in [1.82, 2.24) is 9.88 Å². The predicted molar refractivity (Wildman–Crippen MR) is 133 cm³/mol. The van der Waals surface area contributed by atoms with Gasteiger partial charge in [0.05, 0.1) is 16.0 Å². The number of aliphatic hydroxyl groups is 1. The minimum absolute atomic E-state index is 0.0898. The lowest BCUT2D eigenvalue weighted by Crippen LogP contribution is -2.45. The number of aromatic nitrogens is 1. The van der Waals surface area contributed by atoms with Gasteiger partial charge < -0.3 is 14.7 Å². The normalized spacial score (nSPS) is 15.3. The Hall–Kier alpha value is -3.42. The molecule has 3 aromatic carbocycles. The number of anilines is 1. The molecule has 0 spiro atoms. The molecule has 5 nitrogen and oxygen atoms in total. The van der Waals surface area contributed by atoms with Gasteiger partial charge in [0, 0.05) is 41.5 Å². The molecule has 1 saturated heterocycles. The van der Waals surface area contributed by atoms with Crippen molar-refractivity contribution in [3.8, 4) is 0 Å². The average Bonchev–Trinajstić information content (AvgIpc) is 2.88. The van der Waals surface area contributed by atoms with Crippen LogP contribution < -0.4 is 4.72 Å². The van der Waals surface area contributed by atoms with E-state index in [2.05, 4.69) is 9.71 Å². The first-order valence-corrected chi connectivity index (χ1v) is 12.0. The van der Waals surface area contributed by atoms with Gasteiger partial charge in [-0.3, -0.25) is 9.78 Å². The zero-order valence-electron chi connectivity index (χ0n) is 18.4. The number of nitrogens with one attached hydrogen (secondary N) is 1. The fourth-order valence-electron chi connectivity index (χ4n) is 4.32. The van der Waals surface area contributed by atoms with Gasteiger partial charge in [0.25, 0.3) is 5.91 Å². The Bertz CT molecular complexity index is 1320. The molecule has 34 heavy (non-hydrogen) atoms. The topological polar surface area (TPSA) is 65.5 Å². The van der Waals surface area contributed by atoms with Crippen LogP contribution in [-0.4, -0.2) is 34.0 Å². The van der Waals surface area contributed by atoms with Crippen LogP contribution in [0.1, 0.15) is 28.8 Å². The monoisotopic (exact) mass is 473 g/mol. The molecule has 1 amide bonds. The summed E-state index contributed by atoms with van der Waals surface area (Å²) in [6.07, 6.45) is 2.38. The van der Waals surface area contributed by atoms with Crippen LogP contribution >= 0.6 is 11.9 Å². The zero-order valence-corrected chi connectivity index (χ0v) is 19.3. The number of hydrogen-bond acceptors (Lipinski definition) is 5. The number of halogens is 1. The van der Waals surface area contributed by atoms with Crippen molar-refractivity contribution in [2.75, 3.05) is 17.8 Å². The number of rotatable bonds is 5. The first kappa shape index (κ1) is 22.4. The average molecular weight is 474 g/mol. The number of piperidine rings is 1. The van der Waals surface area contributed by atoms with Crippen molar-refractivity contribution >= 4 is 34.4 Å². The van der Waals surface area contributed by atoms with Gasteiger partial charge in [-0.15, -0.1) is 0 Å². The van der Waals surface area contributed by atoms with Gasteiger partial charge in [0.2, 0.25) is 0 Å². The second kappa shape index (κ2) is 9.44. The summed E-state index contributed by atoms with van der Waals surface area (Å²) in [5, 5.41) is 12.0. The minimum atomic E-state index is -1.25. The summed E-state index contributed by atoms with van der Waals surface area (Å²) in [5.74, 6) is -0.502. The summed E-state index contributed by atoms with van der Waals surface area (Å²) in [6, 6.07) is 23.6. The fraction of sp³-hybridized carbons (Fsp3) is 0.185. The van der Waals surface area contributed by atoms with Gasteiger partial charge in [-0.25, -0.2) is 4.39 Å². The molecule has 1 aromatic heterocycles. The number of fused-ring (bicyclic) bond motifs is 1. The fourth-order valence-corrected chi connectivity index (χ4v) is 5.10. The van der Waals surface area contributed by atoms with Gasteiger partial charge in [0.15, 0.2) is 0 Å². The number of para-hydroxylation sites is 1. The van der Waals surface area contributed by atoms with Crippen molar-refractivity contribution in [2.45, 2.75) is 23.3 Å². The van der Waals surface area contributed by atoms with E-state index in [1.54, 1.807) is 41.4 Å². The highest BCUT2D eigenvalue weighted by Gasteiger charge is 2.37. The van der Waals surface area contributed by atoms with E-state index in [0.717, 1.165) is 21.5 Å². The molecule has 4 aromatic rings. The number of nitrogens with zero attached hydrogens (tertiary/aromatic N) is 2. The molecule has 5 rings (SSSR count). The van der Waals surface area contributed by atoms with Crippen molar-refractivity contribution in [2.24, 2.45) is 0 Å². The van der Waals surface area contributed by atoms with Crippen LogP contribution in [-0.2, 0) is 5.60 Å². The summed E-state index contributed by atoms with van der Waals surface area (Å²) < 4.78 is 17.5. The Kier molecular flexibility index (Phi) is 6.22. The molecule has 1 aliphatic heterocycles. The Balaban J connectivity index is 1.21. The number of carbonyl (C=O) groups is 1. The SMILES string of the molecule is O=C(c1ccc(NSc2cccc3cccnc23)cc1)N1CCC(O)(c2ccccc2F)CC1. The van der Waals surface area contributed by atoms with Crippen molar-refractivity contribution in [3.63, 3.8) is 0 Å². The lowest BCUT2D eigenvalue weighted by atomic mass is 9.84. The van der Waals surface area contributed by atoms with E-state index in [9.17, 15) is 14.3 Å². The third kappa shape index (κ3) is 4.49. The zero-order chi connectivity index (χ0) is 23.5. The van der Waals surface area contributed by atoms with Crippen LogP contribution in [0.25, 0.3) is 10.9 Å². The lowest BCUT2D eigenvalue weighted by Gasteiger charge is -2.38. The number of hydrogen-bond donors (Lipinski definition) is 2. The van der Waals surface area contributed by atoms with E-state index in [0.29, 0.717) is 37.1 Å². The van der Waals surface area contributed by atoms with Gasteiger partial charge in [-0.2, -0.15) is 0 Å². The van der Waals surface area contributed by atoms with Crippen LogP contribution in [0.15, 0.2) is 90.0 Å². The molecule has 0 bridgehead atoms. The van der Waals surface area contributed by atoms with Crippen LogP contribution in [0.2, 0.25) is 0 Å². The first-order valence-electron chi connectivity index (χ1n) is 11.2. The van der Waals surface area contributed by atoms with Gasteiger partial charge >= 0.3 is 0 Å². The number of pyridine rings is 1. The predicted octanol–water partition coefficient (Wildman–Crippen LogP) is 5.62. The molecular formula is C27H24FN3O2S. The smallest absolute Gasteiger partial charge is 0.253 e. The Morgan fingerprint density at radius 2 is 1.71 bits per heavy atom. The lowest BCUT2D eigenvalue weighted by molar-refractivity contribution is -0.0235. The van der Waals surface area contributed by atoms with Gasteiger partial charge in [-0.1, -0.05) is 36.4 Å². The molecule has 0 unspecified atom stereocenters. The number of carbonyl (C=O) groups excluding carboxylic acids is 1. The van der Waals surface area contributed by atoms with E-state index >= 15 is 0 Å². The Morgan fingerprint density at radius 3 is 2.47 bits per heavy atom. The molecule has 1 fully saturated rings.